The van der Waals surface area contributed by atoms with Gasteiger partial charge in [-0.3, -0.25) is 4.90 Å². The van der Waals surface area contributed by atoms with Crippen LogP contribution in [0.15, 0.2) is 54.6 Å². The molecule has 0 aliphatic carbocycles. The van der Waals surface area contributed by atoms with E-state index in [1.54, 1.807) is 0 Å². The molecule has 2 aromatic carbocycles. The quantitative estimate of drug-likeness (QED) is 0.888. The molecule has 1 atom stereocenters. The maximum absolute atomic E-state index is 12.8. The second-order valence-corrected chi connectivity index (χ2v) is 8.02. The number of nitrogens with zero attached hydrogens (tertiary/aromatic N) is 3. The highest BCUT2D eigenvalue weighted by atomic mass is 16.2. The Hall–Kier alpha value is -2.37. The molecule has 2 aromatic rings. The van der Waals surface area contributed by atoms with Gasteiger partial charge in [0.05, 0.1) is 0 Å². The van der Waals surface area contributed by atoms with E-state index in [9.17, 15) is 4.79 Å². The molecule has 2 heterocycles. The molecular weight excluding hydrogens is 348 g/mol. The van der Waals surface area contributed by atoms with E-state index in [0.29, 0.717) is 6.04 Å². The maximum Gasteiger partial charge on any atom is 0.321 e. The van der Waals surface area contributed by atoms with Crippen molar-refractivity contribution in [2.75, 3.05) is 51.6 Å². The Bertz CT molecular complexity index is 786. The lowest BCUT2D eigenvalue weighted by atomic mass is 10.0. The van der Waals surface area contributed by atoms with E-state index in [2.05, 4.69) is 58.6 Å². The van der Waals surface area contributed by atoms with Crippen molar-refractivity contribution in [3.8, 4) is 0 Å². The third-order valence-electron chi connectivity index (χ3n) is 5.93. The first-order chi connectivity index (χ1) is 13.7. The van der Waals surface area contributed by atoms with Gasteiger partial charge in [0.25, 0.3) is 0 Å². The van der Waals surface area contributed by atoms with Crippen LogP contribution in [0.4, 0.5) is 10.5 Å². The standard InChI is InChI=1S/C23H30N4O/c1-25-12-14-26(15-13-25)22-10-11-27(18-22)23(28)24-21-9-5-8-20(17-21)16-19-6-3-2-4-7-19/h2-9,17,22H,10-16,18H2,1H3,(H,24,28)/t22-/m0/s1. The van der Waals surface area contributed by atoms with Crippen LogP contribution in [0.2, 0.25) is 0 Å². The van der Waals surface area contributed by atoms with E-state index in [4.69, 9.17) is 0 Å². The first-order valence-corrected chi connectivity index (χ1v) is 10.3. The van der Waals surface area contributed by atoms with Gasteiger partial charge in [-0.05, 0) is 43.1 Å². The Labute approximate surface area is 167 Å². The molecule has 0 aromatic heterocycles. The van der Waals surface area contributed by atoms with E-state index in [1.807, 2.05) is 23.1 Å². The number of likely N-dealkylation sites (N-methyl/N-ethyl adjacent to an activating group) is 1. The molecule has 28 heavy (non-hydrogen) atoms. The van der Waals surface area contributed by atoms with Crippen LogP contribution in [0.5, 0.6) is 0 Å². The van der Waals surface area contributed by atoms with E-state index in [1.165, 1.54) is 11.1 Å². The number of carbonyl (C=O) groups excluding carboxylic acids is 1. The second kappa shape index (κ2) is 8.76. The molecule has 1 N–H and O–H groups in total. The molecule has 2 saturated heterocycles. The Kier molecular flexibility index (Phi) is 5.93. The number of hydrogen-bond acceptors (Lipinski definition) is 3. The van der Waals surface area contributed by atoms with Crippen molar-refractivity contribution in [1.29, 1.82) is 0 Å². The number of carbonyl (C=O) groups is 1. The zero-order valence-electron chi connectivity index (χ0n) is 16.7. The van der Waals surface area contributed by atoms with E-state index >= 15 is 0 Å². The van der Waals surface area contributed by atoms with Crippen molar-refractivity contribution in [3.63, 3.8) is 0 Å². The zero-order chi connectivity index (χ0) is 19.3. The van der Waals surface area contributed by atoms with Gasteiger partial charge in [0, 0.05) is 51.0 Å². The van der Waals surface area contributed by atoms with Crippen molar-refractivity contribution in [2.45, 2.75) is 18.9 Å². The van der Waals surface area contributed by atoms with Crippen LogP contribution in [0, 0.1) is 0 Å². The maximum atomic E-state index is 12.8. The first kappa shape index (κ1) is 19.0. The van der Waals surface area contributed by atoms with Gasteiger partial charge in [0.1, 0.15) is 0 Å². The van der Waals surface area contributed by atoms with Crippen LogP contribution < -0.4 is 5.32 Å². The molecule has 2 aliphatic rings. The number of benzene rings is 2. The highest BCUT2D eigenvalue weighted by molar-refractivity contribution is 5.89. The number of nitrogens with one attached hydrogen (secondary N) is 1. The Morgan fingerprint density at radius 1 is 0.964 bits per heavy atom. The minimum atomic E-state index is 0.0217. The fraction of sp³-hybridized carbons (Fsp3) is 0.435. The number of hydrogen-bond donors (Lipinski definition) is 1. The van der Waals surface area contributed by atoms with Crippen molar-refractivity contribution in [1.82, 2.24) is 14.7 Å². The lowest BCUT2D eigenvalue weighted by Crippen LogP contribution is -2.50. The summed E-state index contributed by atoms with van der Waals surface area (Å²) in [5.74, 6) is 0. The number of urea groups is 1. The summed E-state index contributed by atoms with van der Waals surface area (Å²) in [7, 11) is 2.18. The molecule has 5 heteroatoms. The SMILES string of the molecule is CN1CCN([C@H]2CCN(C(=O)Nc3cccc(Cc4ccccc4)c3)C2)CC1. The fourth-order valence-corrected chi connectivity index (χ4v) is 4.20. The average Bonchev–Trinajstić information content (AvgIpc) is 3.20. The summed E-state index contributed by atoms with van der Waals surface area (Å²) >= 11 is 0. The monoisotopic (exact) mass is 378 g/mol. The summed E-state index contributed by atoms with van der Waals surface area (Å²) in [6.45, 7) is 6.13. The predicted octanol–water partition coefficient (Wildman–Crippen LogP) is 3.13. The first-order valence-electron chi connectivity index (χ1n) is 10.3. The molecule has 0 spiro atoms. The van der Waals surface area contributed by atoms with Gasteiger partial charge in [-0.15, -0.1) is 0 Å². The van der Waals surface area contributed by atoms with Crippen LogP contribution >= 0.6 is 0 Å². The van der Waals surface area contributed by atoms with E-state index in [-0.39, 0.29) is 6.03 Å². The molecule has 0 radical (unpaired) electrons. The highest BCUT2D eigenvalue weighted by Crippen LogP contribution is 2.20. The molecule has 148 valence electrons. The predicted molar refractivity (Wildman–Crippen MR) is 114 cm³/mol. The summed E-state index contributed by atoms with van der Waals surface area (Å²) in [6.07, 6.45) is 1.95. The van der Waals surface area contributed by atoms with Gasteiger partial charge in [0.15, 0.2) is 0 Å². The van der Waals surface area contributed by atoms with Crippen molar-refractivity contribution >= 4 is 11.7 Å². The van der Waals surface area contributed by atoms with Crippen LogP contribution in [-0.4, -0.2) is 73.1 Å². The number of amides is 2. The molecule has 2 amide bonds. The normalized spacial score (nSPS) is 21.0. The highest BCUT2D eigenvalue weighted by Gasteiger charge is 2.31. The molecule has 0 unspecified atom stereocenters. The van der Waals surface area contributed by atoms with Gasteiger partial charge in [0.2, 0.25) is 0 Å². The number of piperazine rings is 1. The number of rotatable bonds is 4. The Morgan fingerprint density at radius 3 is 2.50 bits per heavy atom. The van der Waals surface area contributed by atoms with Crippen molar-refractivity contribution in [2.24, 2.45) is 0 Å². The van der Waals surface area contributed by atoms with Gasteiger partial charge < -0.3 is 15.1 Å². The minimum Gasteiger partial charge on any atom is -0.323 e. The van der Waals surface area contributed by atoms with E-state index in [0.717, 1.165) is 57.8 Å². The second-order valence-electron chi connectivity index (χ2n) is 8.02. The summed E-state index contributed by atoms with van der Waals surface area (Å²) < 4.78 is 0. The fourth-order valence-electron chi connectivity index (χ4n) is 4.20. The topological polar surface area (TPSA) is 38.8 Å². The largest absolute Gasteiger partial charge is 0.323 e. The van der Waals surface area contributed by atoms with Crippen LogP contribution in [0.1, 0.15) is 17.5 Å². The average molecular weight is 379 g/mol. The van der Waals surface area contributed by atoms with Gasteiger partial charge in [-0.25, -0.2) is 4.79 Å². The van der Waals surface area contributed by atoms with E-state index < -0.39 is 0 Å². The lowest BCUT2D eigenvalue weighted by molar-refractivity contribution is 0.115. The lowest BCUT2D eigenvalue weighted by Gasteiger charge is -2.36. The molecule has 2 aliphatic heterocycles. The molecule has 5 nitrogen and oxygen atoms in total. The summed E-state index contributed by atoms with van der Waals surface area (Å²) in [5, 5.41) is 3.10. The Morgan fingerprint density at radius 2 is 1.71 bits per heavy atom. The third-order valence-corrected chi connectivity index (χ3v) is 5.93. The summed E-state index contributed by atoms with van der Waals surface area (Å²) in [5.41, 5.74) is 3.36. The molecule has 0 saturated carbocycles. The third kappa shape index (κ3) is 4.72. The minimum absolute atomic E-state index is 0.0217. The van der Waals surface area contributed by atoms with Crippen LogP contribution in [0.3, 0.4) is 0 Å². The molecule has 0 bridgehead atoms. The van der Waals surface area contributed by atoms with Gasteiger partial charge >= 0.3 is 6.03 Å². The Balaban J connectivity index is 1.32. The van der Waals surface area contributed by atoms with Crippen LogP contribution in [-0.2, 0) is 6.42 Å². The van der Waals surface area contributed by atoms with Gasteiger partial charge in [-0.1, -0.05) is 42.5 Å². The zero-order valence-corrected chi connectivity index (χ0v) is 16.7. The van der Waals surface area contributed by atoms with Gasteiger partial charge in [-0.2, -0.15) is 0 Å². The summed E-state index contributed by atoms with van der Waals surface area (Å²) in [6, 6.07) is 19.1. The molecular formula is C23H30N4O. The number of likely N-dealkylation sites (tertiary alicyclic amines) is 1. The van der Waals surface area contributed by atoms with Crippen molar-refractivity contribution < 1.29 is 4.79 Å². The number of anilines is 1. The molecule has 2 fully saturated rings. The van der Waals surface area contributed by atoms with Crippen LogP contribution in [0.25, 0.3) is 0 Å². The summed E-state index contributed by atoms with van der Waals surface area (Å²) in [4.78, 5) is 19.6. The smallest absolute Gasteiger partial charge is 0.321 e. The molecule has 4 rings (SSSR count). The van der Waals surface area contributed by atoms with Crippen molar-refractivity contribution in [3.05, 3.63) is 65.7 Å².